The van der Waals surface area contributed by atoms with E-state index < -0.39 is 12.7 Å². The first kappa shape index (κ1) is 18.4. The van der Waals surface area contributed by atoms with Crippen LogP contribution in [0.15, 0.2) is 43.0 Å². The minimum atomic E-state index is -3.19. The van der Waals surface area contributed by atoms with E-state index in [1.165, 1.54) is 6.08 Å². The van der Waals surface area contributed by atoms with Crippen molar-refractivity contribution in [3.63, 3.8) is 0 Å². The number of carbonyl (C=O) groups is 1. The number of rotatable bonds is 6. The summed E-state index contributed by atoms with van der Waals surface area (Å²) in [5.74, 6) is 0.704. The van der Waals surface area contributed by atoms with Crippen molar-refractivity contribution in [3.8, 4) is 5.75 Å². The van der Waals surface area contributed by atoms with Crippen LogP contribution in [0.4, 0.5) is 19.3 Å². The summed E-state index contributed by atoms with van der Waals surface area (Å²) in [4.78, 5) is 11.5. The quantitative estimate of drug-likeness (QED) is 0.772. The molecule has 132 valence electrons. The first-order valence-corrected chi connectivity index (χ1v) is 7.61. The largest absolute Gasteiger partial charge is 0.489 e. The molecule has 2 aromatic carbocycles. The summed E-state index contributed by atoms with van der Waals surface area (Å²) in [6.45, 7) is 4.54. The summed E-state index contributed by atoms with van der Waals surface area (Å²) in [6, 6.07) is 11.0. The number of halogens is 2. The molecule has 0 bridgehead atoms. The molecule has 0 aliphatic carbocycles. The smallest absolute Gasteiger partial charge is 0.416 e. The van der Waals surface area contributed by atoms with E-state index in [4.69, 9.17) is 4.74 Å². The molecule has 2 rings (SSSR count). The maximum atomic E-state index is 12.2. The molecule has 1 N–H and O–H groups in total. The maximum absolute atomic E-state index is 12.2. The van der Waals surface area contributed by atoms with Gasteiger partial charge in [-0.25, -0.2) is 4.79 Å². The van der Waals surface area contributed by atoms with Gasteiger partial charge in [-0.2, -0.15) is 8.78 Å². The van der Waals surface area contributed by atoms with Crippen LogP contribution >= 0.6 is 0 Å². The second-order valence-corrected chi connectivity index (χ2v) is 5.43. The molecule has 0 atom stereocenters. The molecule has 25 heavy (non-hydrogen) atoms. The number of anilines is 1. The van der Waals surface area contributed by atoms with Crippen molar-refractivity contribution in [3.05, 3.63) is 65.2 Å². The van der Waals surface area contributed by atoms with Gasteiger partial charge in [0, 0.05) is 5.56 Å². The third kappa shape index (κ3) is 5.04. The highest BCUT2D eigenvalue weighted by Crippen LogP contribution is 2.26. The zero-order chi connectivity index (χ0) is 18.4. The Bertz CT molecular complexity index is 775. The molecule has 0 aliphatic rings. The van der Waals surface area contributed by atoms with Crippen LogP contribution in [-0.2, 0) is 11.3 Å². The zero-order valence-corrected chi connectivity index (χ0v) is 14.0. The van der Waals surface area contributed by atoms with Gasteiger partial charge in [0.05, 0.1) is 5.69 Å². The van der Waals surface area contributed by atoms with E-state index in [2.05, 4.69) is 16.6 Å². The molecule has 0 aliphatic heterocycles. The van der Waals surface area contributed by atoms with Gasteiger partial charge in [0.1, 0.15) is 12.4 Å². The van der Waals surface area contributed by atoms with Crippen LogP contribution in [0, 0.1) is 13.8 Å². The van der Waals surface area contributed by atoms with Gasteiger partial charge in [-0.15, -0.1) is 0 Å². The number of aryl methyl sites for hydroxylation is 2. The molecule has 0 radical (unpaired) electrons. The standard InChI is InChI=1S/C19H19F2NO3/c1-4-14-6-5-7-15(17(14)22-19(23)25-18(20)21)11-24-16-9-8-12(2)10-13(16)3/h4-10,18H,1,11H2,2-3H3,(H,22,23). The highest BCUT2D eigenvalue weighted by atomic mass is 19.3. The van der Waals surface area contributed by atoms with Gasteiger partial charge in [0.2, 0.25) is 0 Å². The van der Waals surface area contributed by atoms with Crippen LogP contribution in [0.25, 0.3) is 6.08 Å². The third-order valence-corrected chi connectivity index (χ3v) is 3.54. The van der Waals surface area contributed by atoms with Gasteiger partial charge in [0.15, 0.2) is 0 Å². The molecule has 0 heterocycles. The van der Waals surface area contributed by atoms with Crippen molar-refractivity contribution in [2.24, 2.45) is 0 Å². The summed E-state index contributed by atoms with van der Waals surface area (Å²) in [5, 5.41) is 2.33. The van der Waals surface area contributed by atoms with Gasteiger partial charge in [-0.05, 0) is 31.0 Å². The lowest BCUT2D eigenvalue weighted by atomic mass is 10.1. The van der Waals surface area contributed by atoms with Crippen LogP contribution in [0.5, 0.6) is 5.75 Å². The number of carbonyl (C=O) groups excluding carboxylic acids is 1. The molecule has 0 spiro atoms. The number of alkyl halides is 2. The second kappa shape index (κ2) is 8.28. The van der Waals surface area contributed by atoms with Gasteiger partial charge < -0.3 is 9.47 Å². The average Bonchev–Trinajstić information content (AvgIpc) is 2.54. The lowest BCUT2D eigenvalue weighted by molar-refractivity contribution is -0.0766. The van der Waals surface area contributed by atoms with Crippen LogP contribution in [0.3, 0.4) is 0 Å². The molecular weight excluding hydrogens is 328 g/mol. The number of ether oxygens (including phenoxy) is 2. The summed E-state index contributed by atoms with van der Waals surface area (Å²) in [5.41, 5.74) is 3.62. The first-order valence-electron chi connectivity index (χ1n) is 7.61. The number of para-hydroxylation sites is 1. The summed E-state index contributed by atoms with van der Waals surface area (Å²) in [6.07, 6.45) is 0.274. The third-order valence-electron chi connectivity index (χ3n) is 3.54. The van der Waals surface area contributed by atoms with Crippen molar-refractivity contribution in [1.29, 1.82) is 0 Å². The lowest BCUT2D eigenvalue weighted by Gasteiger charge is -2.16. The summed E-state index contributed by atoms with van der Waals surface area (Å²) >= 11 is 0. The molecule has 0 fully saturated rings. The predicted molar refractivity (Wildman–Crippen MR) is 92.9 cm³/mol. The number of hydrogen-bond donors (Lipinski definition) is 1. The van der Waals surface area contributed by atoms with Gasteiger partial charge in [0.25, 0.3) is 0 Å². The Hall–Kier alpha value is -2.89. The lowest BCUT2D eigenvalue weighted by Crippen LogP contribution is -2.18. The second-order valence-electron chi connectivity index (χ2n) is 5.43. The molecule has 6 heteroatoms. The van der Waals surface area contributed by atoms with E-state index in [0.29, 0.717) is 22.6 Å². The fourth-order valence-electron chi connectivity index (χ4n) is 2.39. The Morgan fingerprint density at radius 3 is 2.68 bits per heavy atom. The van der Waals surface area contributed by atoms with Gasteiger partial charge >= 0.3 is 12.7 Å². The van der Waals surface area contributed by atoms with E-state index >= 15 is 0 Å². The highest BCUT2D eigenvalue weighted by Gasteiger charge is 2.15. The minimum Gasteiger partial charge on any atom is -0.489 e. The van der Waals surface area contributed by atoms with Crippen LogP contribution < -0.4 is 10.1 Å². The molecule has 0 saturated carbocycles. The van der Waals surface area contributed by atoms with Crippen molar-refractivity contribution < 1.29 is 23.0 Å². The summed E-state index contributed by atoms with van der Waals surface area (Å²) < 4.78 is 34.0. The Morgan fingerprint density at radius 2 is 2.04 bits per heavy atom. The predicted octanol–water partition coefficient (Wildman–Crippen LogP) is 5.30. The first-order chi connectivity index (χ1) is 11.9. The fraction of sp³-hybridized carbons (Fsp3) is 0.211. The van der Waals surface area contributed by atoms with E-state index in [9.17, 15) is 13.6 Å². The number of benzene rings is 2. The highest BCUT2D eigenvalue weighted by molar-refractivity contribution is 5.89. The number of nitrogens with one attached hydrogen (secondary N) is 1. The van der Waals surface area contributed by atoms with Crippen molar-refractivity contribution in [2.75, 3.05) is 5.32 Å². The fourth-order valence-corrected chi connectivity index (χ4v) is 2.39. The summed E-state index contributed by atoms with van der Waals surface area (Å²) in [7, 11) is 0. The Balaban J connectivity index is 2.21. The molecule has 2 aromatic rings. The normalized spacial score (nSPS) is 10.4. The van der Waals surface area contributed by atoms with Gasteiger partial charge in [-0.3, -0.25) is 5.32 Å². The van der Waals surface area contributed by atoms with Crippen LogP contribution in [0.2, 0.25) is 0 Å². The zero-order valence-electron chi connectivity index (χ0n) is 14.0. The molecule has 4 nitrogen and oxygen atoms in total. The van der Waals surface area contributed by atoms with Crippen LogP contribution in [0.1, 0.15) is 22.3 Å². The Kier molecular flexibility index (Phi) is 6.11. The molecule has 0 unspecified atom stereocenters. The topological polar surface area (TPSA) is 47.6 Å². The SMILES string of the molecule is C=Cc1cccc(COc2ccc(C)cc2C)c1NC(=O)OC(F)F. The van der Waals surface area contributed by atoms with E-state index in [-0.39, 0.29) is 6.61 Å². The van der Waals surface area contributed by atoms with E-state index in [1.54, 1.807) is 18.2 Å². The van der Waals surface area contributed by atoms with Gasteiger partial charge in [-0.1, -0.05) is 48.6 Å². The average molecular weight is 347 g/mol. The molecule has 1 amide bonds. The number of hydrogen-bond acceptors (Lipinski definition) is 3. The Morgan fingerprint density at radius 1 is 1.28 bits per heavy atom. The molecule has 0 saturated heterocycles. The van der Waals surface area contributed by atoms with E-state index in [0.717, 1.165) is 11.1 Å². The number of amides is 1. The van der Waals surface area contributed by atoms with Crippen LogP contribution in [-0.4, -0.2) is 12.7 Å². The molecule has 0 aromatic heterocycles. The van der Waals surface area contributed by atoms with Crippen molar-refractivity contribution in [2.45, 2.75) is 27.1 Å². The van der Waals surface area contributed by atoms with Crippen molar-refractivity contribution >= 4 is 17.9 Å². The maximum Gasteiger partial charge on any atom is 0.416 e. The Labute approximate surface area is 145 Å². The van der Waals surface area contributed by atoms with Crippen molar-refractivity contribution in [1.82, 2.24) is 0 Å². The minimum absolute atomic E-state index is 0.149. The monoisotopic (exact) mass is 347 g/mol. The van der Waals surface area contributed by atoms with E-state index in [1.807, 2.05) is 32.0 Å². The molecular formula is C19H19F2NO3.